The van der Waals surface area contributed by atoms with E-state index in [1.807, 2.05) is 37.2 Å². The molecule has 0 bridgehead atoms. The molecule has 1 heterocycles. The van der Waals surface area contributed by atoms with E-state index in [9.17, 15) is 13.2 Å². The Morgan fingerprint density at radius 1 is 1.14 bits per heavy atom. The molecule has 0 aliphatic carbocycles. The molecule has 0 aliphatic heterocycles. The first-order chi connectivity index (χ1) is 13.2. The van der Waals surface area contributed by atoms with Crippen LogP contribution in [0, 0.1) is 0 Å². The fraction of sp³-hybridized carbons (Fsp3) is 0.263. The SMILES string of the molecule is CN(C)CCN(C(=O)c1ccccc1Br)c1nc2ccc(S(C)(=O)=O)cc2s1.Cl. The van der Waals surface area contributed by atoms with Crippen LogP contribution in [-0.4, -0.2) is 57.6 Å². The van der Waals surface area contributed by atoms with E-state index in [4.69, 9.17) is 0 Å². The van der Waals surface area contributed by atoms with Gasteiger partial charge in [0.15, 0.2) is 15.0 Å². The van der Waals surface area contributed by atoms with Crippen molar-refractivity contribution in [2.24, 2.45) is 0 Å². The molecule has 0 spiro atoms. The maximum atomic E-state index is 13.2. The van der Waals surface area contributed by atoms with Crippen LogP contribution in [0.3, 0.4) is 0 Å². The van der Waals surface area contributed by atoms with Gasteiger partial charge in [0.2, 0.25) is 0 Å². The molecule has 10 heteroatoms. The van der Waals surface area contributed by atoms with Gasteiger partial charge in [-0.3, -0.25) is 9.69 Å². The number of carbonyl (C=O) groups excluding carboxylic acids is 1. The summed E-state index contributed by atoms with van der Waals surface area (Å²) in [6, 6.07) is 12.1. The van der Waals surface area contributed by atoms with Crippen molar-refractivity contribution in [3.8, 4) is 0 Å². The fourth-order valence-corrected chi connectivity index (χ4v) is 4.81. The highest BCUT2D eigenvalue weighted by atomic mass is 79.9. The largest absolute Gasteiger partial charge is 0.308 e. The summed E-state index contributed by atoms with van der Waals surface area (Å²) in [7, 11) is 0.578. The zero-order chi connectivity index (χ0) is 20.5. The van der Waals surface area contributed by atoms with Gasteiger partial charge in [0.05, 0.1) is 20.7 Å². The number of thiazole rings is 1. The van der Waals surface area contributed by atoms with Crippen LogP contribution in [0.5, 0.6) is 0 Å². The molecule has 3 aromatic rings. The number of fused-ring (bicyclic) bond motifs is 1. The molecular formula is C19H21BrClN3O3S2. The first kappa shape index (κ1) is 23.8. The number of carbonyl (C=O) groups is 1. The van der Waals surface area contributed by atoms with Crippen molar-refractivity contribution >= 4 is 70.8 Å². The van der Waals surface area contributed by atoms with E-state index in [0.717, 1.165) is 9.17 Å². The molecule has 3 rings (SSSR count). The van der Waals surface area contributed by atoms with Gasteiger partial charge in [0, 0.05) is 23.8 Å². The summed E-state index contributed by atoms with van der Waals surface area (Å²) in [5, 5.41) is 0.545. The second kappa shape index (κ2) is 9.53. The van der Waals surface area contributed by atoms with Gasteiger partial charge in [-0.2, -0.15) is 0 Å². The van der Waals surface area contributed by atoms with E-state index < -0.39 is 9.84 Å². The molecule has 2 aromatic carbocycles. The second-order valence-electron chi connectivity index (χ2n) is 6.64. The smallest absolute Gasteiger partial charge is 0.261 e. The van der Waals surface area contributed by atoms with E-state index in [1.54, 1.807) is 29.2 Å². The van der Waals surface area contributed by atoms with Gasteiger partial charge >= 0.3 is 0 Å². The van der Waals surface area contributed by atoms with Crippen LogP contribution >= 0.6 is 39.7 Å². The standard InChI is InChI=1S/C19H20BrN3O3S2.ClH/c1-22(2)10-11-23(18(24)14-6-4-5-7-15(14)20)19-21-16-9-8-13(28(3,25)26)12-17(16)27-19;/h4-9,12H,10-11H2,1-3H3;1H. The lowest BCUT2D eigenvalue weighted by atomic mass is 10.2. The van der Waals surface area contributed by atoms with Gasteiger partial charge in [-0.05, 0) is 60.4 Å². The lowest BCUT2D eigenvalue weighted by Crippen LogP contribution is -2.36. The Bertz CT molecular complexity index is 1130. The summed E-state index contributed by atoms with van der Waals surface area (Å²) < 4.78 is 25.1. The summed E-state index contributed by atoms with van der Waals surface area (Å²) in [5.74, 6) is -0.156. The third-order valence-corrected chi connectivity index (χ3v) is 6.97. The molecule has 29 heavy (non-hydrogen) atoms. The molecule has 0 aliphatic rings. The average molecular weight is 519 g/mol. The minimum absolute atomic E-state index is 0. The number of anilines is 1. The van der Waals surface area contributed by atoms with Crippen molar-refractivity contribution in [3.63, 3.8) is 0 Å². The number of aromatic nitrogens is 1. The summed E-state index contributed by atoms with van der Waals surface area (Å²) >= 11 is 4.75. The van der Waals surface area contributed by atoms with Gasteiger partial charge in [-0.15, -0.1) is 12.4 Å². The van der Waals surface area contributed by atoms with Gasteiger partial charge in [0.1, 0.15) is 0 Å². The van der Waals surface area contributed by atoms with Gasteiger partial charge in [-0.1, -0.05) is 23.5 Å². The fourth-order valence-electron chi connectivity index (χ4n) is 2.60. The Balaban J connectivity index is 0.00000300. The maximum Gasteiger partial charge on any atom is 0.261 e. The normalized spacial score (nSPS) is 11.5. The first-order valence-electron chi connectivity index (χ1n) is 8.48. The topological polar surface area (TPSA) is 70.6 Å². The van der Waals surface area contributed by atoms with Crippen LogP contribution in [0.2, 0.25) is 0 Å². The monoisotopic (exact) mass is 517 g/mol. The van der Waals surface area contributed by atoms with Crippen molar-refractivity contribution < 1.29 is 13.2 Å². The Kier molecular flexibility index (Phi) is 7.80. The third-order valence-electron chi connectivity index (χ3n) is 4.13. The molecule has 156 valence electrons. The quantitative estimate of drug-likeness (QED) is 0.491. The van der Waals surface area contributed by atoms with Crippen molar-refractivity contribution in [1.82, 2.24) is 9.88 Å². The zero-order valence-electron chi connectivity index (χ0n) is 16.1. The minimum atomic E-state index is -3.31. The van der Waals surface area contributed by atoms with Crippen molar-refractivity contribution in [3.05, 3.63) is 52.5 Å². The van der Waals surface area contributed by atoms with E-state index in [-0.39, 0.29) is 23.2 Å². The molecule has 0 atom stereocenters. The average Bonchev–Trinajstić information content (AvgIpc) is 3.04. The molecule has 1 aromatic heterocycles. The van der Waals surface area contributed by atoms with Gasteiger partial charge in [-0.25, -0.2) is 13.4 Å². The van der Waals surface area contributed by atoms with E-state index >= 15 is 0 Å². The predicted molar refractivity (Wildman–Crippen MR) is 124 cm³/mol. The van der Waals surface area contributed by atoms with Crippen LogP contribution in [0.25, 0.3) is 10.2 Å². The predicted octanol–water partition coefficient (Wildman–Crippen LogP) is 4.09. The van der Waals surface area contributed by atoms with E-state index in [2.05, 4.69) is 20.9 Å². The lowest BCUT2D eigenvalue weighted by molar-refractivity contribution is 0.0984. The van der Waals surface area contributed by atoms with Crippen molar-refractivity contribution in [2.45, 2.75) is 4.90 Å². The zero-order valence-corrected chi connectivity index (χ0v) is 20.2. The van der Waals surface area contributed by atoms with Crippen LogP contribution < -0.4 is 4.90 Å². The van der Waals surface area contributed by atoms with Crippen LogP contribution in [0.15, 0.2) is 51.8 Å². The molecule has 0 unspecified atom stereocenters. The molecule has 6 nitrogen and oxygen atoms in total. The third kappa shape index (κ3) is 5.55. The Morgan fingerprint density at radius 2 is 1.83 bits per heavy atom. The summed E-state index contributed by atoms with van der Waals surface area (Å²) in [6.45, 7) is 1.13. The number of amides is 1. The van der Waals surface area contributed by atoms with Gasteiger partial charge in [0.25, 0.3) is 5.91 Å². The van der Waals surface area contributed by atoms with E-state index in [0.29, 0.717) is 29.3 Å². The first-order valence-corrected chi connectivity index (χ1v) is 12.0. The Labute approximate surface area is 189 Å². The van der Waals surface area contributed by atoms with Crippen LogP contribution in [-0.2, 0) is 9.84 Å². The Hall–Kier alpha value is -1.52. The van der Waals surface area contributed by atoms with Gasteiger partial charge < -0.3 is 4.90 Å². The molecule has 1 amide bonds. The molecule has 0 saturated heterocycles. The maximum absolute atomic E-state index is 13.2. The Morgan fingerprint density at radius 3 is 2.45 bits per heavy atom. The minimum Gasteiger partial charge on any atom is -0.308 e. The van der Waals surface area contributed by atoms with E-state index in [1.165, 1.54) is 17.6 Å². The van der Waals surface area contributed by atoms with Crippen molar-refractivity contribution in [1.29, 1.82) is 0 Å². The number of likely N-dealkylation sites (N-methyl/N-ethyl adjacent to an activating group) is 1. The highest BCUT2D eigenvalue weighted by molar-refractivity contribution is 9.10. The molecule has 0 N–H and O–H groups in total. The highest BCUT2D eigenvalue weighted by Crippen LogP contribution is 2.32. The molecule has 0 saturated carbocycles. The lowest BCUT2D eigenvalue weighted by Gasteiger charge is -2.22. The number of sulfone groups is 1. The number of rotatable bonds is 6. The highest BCUT2D eigenvalue weighted by Gasteiger charge is 2.23. The number of nitrogens with zero attached hydrogens (tertiary/aromatic N) is 3. The number of benzene rings is 2. The number of hydrogen-bond acceptors (Lipinski definition) is 6. The molecule has 0 radical (unpaired) electrons. The summed E-state index contributed by atoms with van der Waals surface area (Å²) in [5.41, 5.74) is 1.22. The van der Waals surface area contributed by atoms with Crippen LogP contribution in [0.4, 0.5) is 5.13 Å². The summed E-state index contributed by atoms with van der Waals surface area (Å²) in [4.78, 5) is 21.7. The van der Waals surface area contributed by atoms with Crippen LogP contribution in [0.1, 0.15) is 10.4 Å². The molecule has 0 fully saturated rings. The second-order valence-corrected chi connectivity index (χ2v) is 10.5. The van der Waals surface area contributed by atoms with Crippen molar-refractivity contribution in [2.75, 3.05) is 38.3 Å². The number of hydrogen-bond donors (Lipinski definition) is 0. The summed E-state index contributed by atoms with van der Waals surface area (Å²) in [6.07, 6.45) is 1.18. The number of halogens is 2. The molecular weight excluding hydrogens is 498 g/mol.